The van der Waals surface area contributed by atoms with Crippen LogP contribution in [0.4, 0.5) is 21.1 Å². The number of hydrogen-bond donors (Lipinski definition) is 1. The molecule has 1 aromatic heterocycles. The highest BCUT2D eigenvalue weighted by molar-refractivity contribution is 5.94. The number of aromatic nitrogens is 2. The number of anilines is 2. The van der Waals surface area contributed by atoms with E-state index in [9.17, 15) is 20.0 Å². The number of piperazine rings is 1. The number of rotatable bonds is 8. The van der Waals surface area contributed by atoms with Crippen molar-refractivity contribution in [3.05, 3.63) is 89.6 Å². The summed E-state index contributed by atoms with van der Waals surface area (Å²) >= 11 is 0. The van der Waals surface area contributed by atoms with Gasteiger partial charge in [-0.2, -0.15) is 15.2 Å². The predicted molar refractivity (Wildman–Crippen MR) is 185 cm³/mol. The van der Waals surface area contributed by atoms with Crippen molar-refractivity contribution in [2.45, 2.75) is 38.1 Å². The minimum atomic E-state index is -0.992. The first-order chi connectivity index (χ1) is 24.5. The third kappa shape index (κ3) is 7.21. The predicted octanol–water partition coefficient (Wildman–Crippen LogP) is 4.69. The quantitative estimate of drug-likeness (QED) is 0.277. The third-order valence-corrected chi connectivity index (χ3v) is 9.49. The Hall–Kier alpha value is -5.61. The molecule has 50 heavy (non-hydrogen) atoms. The van der Waals surface area contributed by atoms with Crippen LogP contribution in [0.15, 0.2) is 72.8 Å². The molecule has 2 amide bonds. The molecule has 4 heterocycles. The van der Waals surface area contributed by atoms with Gasteiger partial charge in [-0.3, -0.25) is 0 Å². The maximum absolute atomic E-state index is 13.2. The lowest BCUT2D eigenvalue weighted by molar-refractivity contribution is -0.0425. The Kier molecular flexibility index (Phi) is 9.79. The van der Waals surface area contributed by atoms with E-state index in [-0.39, 0.29) is 38.8 Å². The van der Waals surface area contributed by atoms with E-state index in [2.05, 4.69) is 46.2 Å². The molecule has 2 saturated heterocycles. The van der Waals surface area contributed by atoms with Gasteiger partial charge in [-0.25, -0.2) is 9.59 Å². The number of carbonyl (C=O) groups is 2. The fraction of sp³-hybridized carbons (Fsp3) is 0.378. The Morgan fingerprint density at radius 2 is 1.76 bits per heavy atom. The maximum Gasteiger partial charge on any atom is 0.410 e. The maximum atomic E-state index is 13.2. The van der Waals surface area contributed by atoms with Gasteiger partial charge in [-0.15, -0.1) is 0 Å². The summed E-state index contributed by atoms with van der Waals surface area (Å²) in [5.41, 5.74) is 3.86. The smallest absolute Gasteiger partial charge is 0.410 e. The molecule has 3 aliphatic rings. The first kappa shape index (κ1) is 32.9. The van der Waals surface area contributed by atoms with Gasteiger partial charge >= 0.3 is 18.2 Å². The highest BCUT2D eigenvalue weighted by Gasteiger charge is 2.35. The van der Waals surface area contributed by atoms with Crippen molar-refractivity contribution in [3.8, 4) is 12.1 Å². The minimum absolute atomic E-state index is 0.0904. The van der Waals surface area contributed by atoms with Crippen LogP contribution in [0.2, 0.25) is 0 Å². The number of carbonyl (C=O) groups excluding carboxylic acids is 1. The summed E-state index contributed by atoms with van der Waals surface area (Å²) in [5, 5.41) is 21.5. The van der Waals surface area contributed by atoms with E-state index in [1.54, 1.807) is 4.90 Å². The Morgan fingerprint density at radius 3 is 2.60 bits per heavy atom. The summed E-state index contributed by atoms with van der Waals surface area (Å²) in [7, 11) is 0. The molecule has 0 radical (unpaired) electrons. The molecule has 0 bridgehead atoms. The molecule has 0 saturated carbocycles. The first-order valence-electron chi connectivity index (χ1n) is 16.9. The van der Waals surface area contributed by atoms with Crippen LogP contribution < -0.4 is 14.5 Å². The molecule has 13 nitrogen and oxygen atoms in total. The van der Waals surface area contributed by atoms with Crippen LogP contribution in [0, 0.1) is 11.3 Å². The monoisotopic (exact) mass is 677 g/mol. The van der Waals surface area contributed by atoms with Gasteiger partial charge in [0.05, 0.1) is 43.9 Å². The van der Waals surface area contributed by atoms with Crippen LogP contribution in [0.1, 0.15) is 23.2 Å². The van der Waals surface area contributed by atoms with Crippen LogP contribution in [0.3, 0.4) is 0 Å². The summed E-state index contributed by atoms with van der Waals surface area (Å²) in [4.78, 5) is 42.0. The number of amides is 2. The largest absolute Gasteiger partial charge is 0.465 e. The molecule has 3 aliphatic heterocycles. The number of fused-ring (bicyclic) bond motifs is 2. The van der Waals surface area contributed by atoms with Crippen molar-refractivity contribution >= 4 is 34.5 Å². The SMILES string of the molecule is N#CCC1CN(c2nc(OC[C@H]3CN(C(=O)O)CCO3)nc3c2CCN(c2cccc4ccccc24)C3)CCN1C(=O)OCc1ccccc1. The number of carboxylic acid groups (broad SMARTS) is 1. The van der Waals surface area contributed by atoms with E-state index >= 15 is 0 Å². The zero-order valence-corrected chi connectivity index (χ0v) is 27.7. The van der Waals surface area contributed by atoms with Crippen LogP contribution in [-0.4, -0.2) is 102 Å². The summed E-state index contributed by atoms with van der Waals surface area (Å²) in [6.07, 6.45) is -1.07. The van der Waals surface area contributed by atoms with Crippen LogP contribution in [0.5, 0.6) is 6.01 Å². The number of hydrogen-bond acceptors (Lipinski definition) is 10. The fourth-order valence-corrected chi connectivity index (χ4v) is 6.94. The van der Waals surface area contributed by atoms with E-state index in [0.717, 1.165) is 45.6 Å². The topological polar surface area (TPSA) is 145 Å². The van der Waals surface area contributed by atoms with Crippen molar-refractivity contribution < 1.29 is 28.9 Å². The zero-order chi connectivity index (χ0) is 34.5. The van der Waals surface area contributed by atoms with Crippen molar-refractivity contribution in [2.75, 3.05) is 62.3 Å². The Labute approximate surface area is 290 Å². The summed E-state index contributed by atoms with van der Waals surface area (Å²) in [6.45, 7) is 3.56. The Morgan fingerprint density at radius 1 is 0.940 bits per heavy atom. The molecule has 0 spiro atoms. The summed E-state index contributed by atoms with van der Waals surface area (Å²) in [6, 6.07) is 26.2. The van der Waals surface area contributed by atoms with Gasteiger partial charge in [-0.05, 0) is 23.4 Å². The van der Waals surface area contributed by atoms with E-state index in [4.69, 9.17) is 24.2 Å². The lowest BCUT2D eigenvalue weighted by Crippen LogP contribution is -2.55. The van der Waals surface area contributed by atoms with Gasteiger partial charge in [0.1, 0.15) is 25.1 Å². The normalized spacial score (nSPS) is 19.1. The molecule has 0 aliphatic carbocycles. The van der Waals surface area contributed by atoms with Crippen LogP contribution in [0.25, 0.3) is 10.8 Å². The summed E-state index contributed by atoms with van der Waals surface area (Å²) < 4.78 is 17.6. The van der Waals surface area contributed by atoms with Crippen molar-refractivity contribution in [3.63, 3.8) is 0 Å². The second kappa shape index (κ2) is 14.9. The molecule has 1 N–H and O–H groups in total. The van der Waals surface area contributed by atoms with Gasteiger partial charge in [0, 0.05) is 49.4 Å². The standard InChI is InChI=1S/C37H39N7O6/c38-15-13-28-21-42(17-18-44(28)37(47)50-24-26-7-2-1-3-8-26)34-31-14-16-41(33-12-6-10-27-9-4-5-11-30(27)33)23-32(31)39-35(40-34)49-25-29-22-43(36(45)46)19-20-48-29/h1-12,28-29H,13-14,16-25H2,(H,45,46)/t28?,29-/m1/s1. The second-order valence-corrected chi connectivity index (χ2v) is 12.7. The number of nitriles is 1. The van der Waals surface area contributed by atoms with Crippen molar-refractivity contribution in [1.29, 1.82) is 5.26 Å². The molecule has 13 heteroatoms. The fourth-order valence-electron chi connectivity index (χ4n) is 6.94. The van der Waals surface area contributed by atoms with Gasteiger partial charge in [0.2, 0.25) is 0 Å². The molecule has 2 atom stereocenters. The summed E-state index contributed by atoms with van der Waals surface area (Å²) in [5.74, 6) is 0.722. The van der Waals surface area contributed by atoms with Crippen molar-refractivity contribution in [1.82, 2.24) is 19.8 Å². The number of benzene rings is 3. The molecular weight excluding hydrogens is 638 g/mol. The molecule has 4 aromatic rings. The number of ether oxygens (including phenoxy) is 3. The van der Waals surface area contributed by atoms with Crippen molar-refractivity contribution in [2.24, 2.45) is 0 Å². The van der Waals surface area contributed by atoms with Crippen LogP contribution >= 0.6 is 0 Å². The first-order valence-corrected chi connectivity index (χ1v) is 16.9. The number of morpholine rings is 1. The average Bonchev–Trinajstić information content (AvgIpc) is 3.16. The third-order valence-electron chi connectivity index (χ3n) is 9.49. The minimum Gasteiger partial charge on any atom is -0.465 e. The van der Waals surface area contributed by atoms with Gasteiger partial charge in [-0.1, -0.05) is 66.7 Å². The van der Waals surface area contributed by atoms with Crippen LogP contribution in [-0.2, 0) is 29.0 Å². The van der Waals surface area contributed by atoms with E-state index in [0.29, 0.717) is 39.1 Å². The molecule has 258 valence electrons. The Balaban J connectivity index is 1.14. The van der Waals surface area contributed by atoms with Gasteiger partial charge in [0.25, 0.3) is 0 Å². The van der Waals surface area contributed by atoms with E-state index in [1.807, 2.05) is 42.5 Å². The van der Waals surface area contributed by atoms with Gasteiger partial charge < -0.3 is 38.9 Å². The second-order valence-electron chi connectivity index (χ2n) is 12.7. The zero-order valence-electron chi connectivity index (χ0n) is 27.7. The lowest BCUT2D eigenvalue weighted by atomic mass is 10.0. The van der Waals surface area contributed by atoms with E-state index < -0.39 is 24.3 Å². The lowest BCUT2D eigenvalue weighted by Gasteiger charge is -2.42. The molecule has 3 aromatic carbocycles. The van der Waals surface area contributed by atoms with Gasteiger partial charge in [0.15, 0.2) is 0 Å². The Bertz CT molecular complexity index is 1880. The number of nitrogens with zero attached hydrogens (tertiary/aromatic N) is 7. The average molecular weight is 678 g/mol. The van der Waals surface area contributed by atoms with E-state index in [1.165, 1.54) is 4.90 Å². The highest BCUT2D eigenvalue weighted by Crippen LogP contribution is 2.35. The highest BCUT2D eigenvalue weighted by atomic mass is 16.6. The molecule has 1 unspecified atom stereocenters. The molecule has 2 fully saturated rings. The molecule has 7 rings (SSSR count). The molecular formula is C37H39N7O6.